The van der Waals surface area contributed by atoms with Crippen LogP contribution in [0.1, 0.15) is 53.9 Å². The first-order valence-corrected chi connectivity index (χ1v) is 10.2. The van der Waals surface area contributed by atoms with Crippen LogP contribution in [0.25, 0.3) is 0 Å². The van der Waals surface area contributed by atoms with E-state index in [1.165, 1.54) is 4.90 Å². The molecule has 2 amide bonds. The van der Waals surface area contributed by atoms with Gasteiger partial charge in [0.15, 0.2) is 0 Å². The molecule has 2 saturated carbocycles. The number of esters is 1. The Bertz CT molecular complexity index is 660. The predicted octanol–water partition coefficient (Wildman–Crippen LogP) is 1.45. The number of carbonyl (C=O) groups is 3. The molecule has 8 nitrogen and oxygen atoms in total. The van der Waals surface area contributed by atoms with Crippen molar-refractivity contribution in [2.24, 2.45) is 17.8 Å². The van der Waals surface area contributed by atoms with Crippen LogP contribution in [0.3, 0.4) is 0 Å². The van der Waals surface area contributed by atoms with Crippen LogP contribution in [-0.4, -0.2) is 64.4 Å². The van der Waals surface area contributed by atoms with Crippen LogP contribution in [0.4, 0.5) is 4.79 Å². The molecule has 3 fully saturated rings. The molecule has 2 aliphatic carbocycles. The fourth-order valence-electron chi connectivity index (χ4n) is 5.01. The van der Waals surface area contributed by atoms with Gasteiger partial charge in [0.25, 0.3) is 0 Å². The third-order valence-corrected chi connectivity index (χ3v) is 6.16. The topological polar surface area (TPSA) is 105 Å². The number of hydrogen-bond donors (Lipinski definition) is 2. The molecular weight excluding hydrogens is 364 g/mol. The maximum Gasteiger partial charge on any atom is 0.410 e. The third kappa shape index (κ3) is 3.58. The molecule has 8 heteroatoms. The monoisotopic (exact) mass is 396 g/mol. The van der Waals surface area contributed by atoms with Gasteiger partial charge in [-0.2, -0.15) is 0 Å². The lowest BCUT2D eigenvalue weighted by Crippen LogP contribution is -2.60. The van der Waals surface area contributed by atoms with Crippen molar-refractivity contribution in [3.63, 3.8) is 0 Å². The minimum absolute atomic E-state index is 0.00440. The Morgan fingerprint density at radius 3 is 2.50 bits per heavy atom. The molecule has 1 saturated heterocycles. The van der Waals surface area contributed by atoms with Gasteiger partial charge in [0.2, 0.25) is 5.91 Å². The number of aliphatic hydroxyl groups is 1. The second-order valence-electron chi connectivity index (χ2n) is 9.25. The summed E-state index contributed by atoms with van der Waals surface area (Å²) in [6.45, 7) is 9.66. The third-order valence-electron chi connectivity index (χ3n) is 6.16. The fourth-order valence-corrected chi connectivity index (χ4v) is 5.01. The highest BCUT2D eigenvalue weighted by Crippen LogP contribution is 2.62. The number of ether oxygens (including phenoxy) is 2. The molecule has 0 unspecified atom stereocenters. The van der Waals surface area contributed by atoms with Crippen molar-refractivity contribution in [2.45, 2.75) is 77.2 Å². The molecule has 1 aliphatic heterocycles. The minimum Gasteiger partial charge on any atom is -0.464 e. The molecule has 2 N–H and O–H groups in total. The molecule has 28 heavy (non-hydrogen) atoms. The quantitative estimate of drug-likeness (QED) is 0.697. The van der Waals surface area contributed by atoms with Crippen molar-refractivity contribution in [3.05, 3.63) is 0 Å². The Labute approximate surface area is 165 Å². The summed E-state index contributed by atoms with van der Waals surface area (Å²) >= 11 is 0. The van der Waals surface area contributed by atoms with Crippen molar-refractivity contribution >= 4 is 18.0 Å². The smallest absolute Gasteiger partial charge is 0.410 e. The van der Waals surface area contributed by atoms with Crippen molar-refractivity contribution in [2.75, 3.05) is 13.2 Å². The van der Waals surface area contributed by atoms with Gasteiger partial charge in [-0.25, -0.2) is 9.59 Å². The van der Waals surface area contributed by atoms with E-state index in [0.717, 1.165) is 0 Å². The summed E-state index contributed by atoms with van der Waals surface area (Å²) in [4.78, 5) is 39.8. The number of aliphatic hydroxyl groups excluding tert-OH is 1. The van der Waals surface area contributed by atoms with Crippen LogP contribution in [0, 0.1) is 17.8 Å². The summed E-state index contributed by atoms with van der Waals surface area (Å²) in [5.41, 5.74) is -1.88. The van der Waals surface area contributed by atoms with Gasteiger partial charge in [-0.3, -0.25) is 9.69 Å². The largest absolute Gasteiger partial charge is 0.464 e. The Balaban J connectivity index is 1.77. The molecular formula is C20H32N2O6. The lowest BCUT2D eigenvalue weighted by Gasteiger charge is -2.34. The Hall–Kier alpha value is -1.83. The molecule has 3 aliphatic rings. The number of nitrogens with zero attached hydrogens (tertiary/aromatic N) is 1. The van der Waals surface area contributed by atoms with Crippen molar-refractivity contribution in [3.8, 4) is 0 Å². The molecule has 0 aromatic heterocycles. The molecule has 6 atom stereocenters. The number of nitrogens with one attached hydrogen (secondary N) is 1. The van der Waals surface area contributed by atoms with Crippen LogP contribution in [0.5, 0.6) is 0 Å². The predicted molar refractivity (Wildman–Crippen MR) is 100 cm³/mol. The Kier molecular flexibility index (Phi) is 5.38. The molecule has 0 aromatic rings. The van der Waals surface area contributed by atoms with E-state index in [1.807, 2.05) is 6.92 Å². The molecule has 0 spiro atoms. The van der Waals surface area contributed by atoms with Gasteiger partial charge in [0, 0.05) is 18.9 Å². The number of rotatable bonds is 4. The average Bonchev–Trinajstić information content (AvgIpc) is 2.94. The first-order chi connectivity index (χ1) is 13.0. The summed E-state index contributed by atoms with van der Waals surface area (Å²) in [6, 6.07) is -0.689. The standard InChI is InChI=1S/C20H32N2O6/c1-6-27-17(25)20(10-13(23)14-11(2)15(14)20)21-16(24)12-8-7-9-22(12)18(26)28-19(3,4)5/h11-15,23H,6-10H2,1-5H3,(H,21,24)/t11-,12-,13-,14+,15+,20-/m0/s1. The number of fused-ring (bicyclic) bond motifs is 1. The lowest BCUT2D eigenvalue weighted by atomic mass is 9.89. The van der Waals surface area contributed by atoms with Gasteiger partial charge >= 0.3 is 12.1 Å². The van der Waals surface area contributed by atoms with E-state index in [4.69, 9.17) is 9.47 Å². The first-order valence-electron chi connectivity index (χ1n) is 10.2. The van der Waals surface area contributed by atoms with E-state index in [-0.39, 0.29) is 36.7 Å². The van der Waals surface area contributed by atoms with Gasteiger partial charge < -0.3 is 19.9 Å². The summed E-state index contributed by atoms with van der Waals surface area (Å²) < 4.78 is 10.7. The molecule has 0 bridgehead atoms. The van der Waals surface area contributed by atoms with E-state index in [2.05, 4.69) is 5.32 Å². The SMILES string of the molecule is CCOC(=O)[C@]1(NC(=O)[C@@H]2CCCN2C(=O)OC(C)(C)C)C[C@H](O)[C@H]2[C@H](C)[C@H]21. The molecule has 1 heterocycles. The highest BCUT2D eigenvalue weighted by Gasteiger charge is 2.72. The highest BCUT2D eigenvalue weighted by atomic mass is 16.6. The number of carbonyl (C=O) groups excluding carboxylic acids is 3. The van der Waals surface area contributed by atoms with Crippen molar-refractivity contribution in [1.82, 2.24) is 10.2 Å². The van der Waals surface area contributed by atoms with Gasteiger partial charge in [-0.1, -0.05) is 6.92 Å². The van der Waals surface area contributed by atoms with Crippen LogP contribution >= 0.6 is 0 Å². The van der Waals surface area contributed by atoms with E-state index in [0.29, 0.717) is 19.4 Å². The zero-order chi connectivity index (χ0) is 20.9. The number of likely N-dealkylation sites (tertiary alicyclic amines) is 1. The molecule has 158 valence electrons. The summed E-state index contributed by atoms with van der Waals surface area (Å²) in [7, 11) is 0. The van der Waals surface area contributed by atoms with E-state index in [1.54, 1.807) is 27.7 Å². The Morgan fingerprint density at radius 2 is 1.96 bits per heavy atom. The van der Waals surface area contributed by atoms with Crippen LogP contribution in [0.15, 0.2) is 0 Å². The van der Waals surface area contributed by atoms with E-state index < -0.39 is 35.3 Å². The first kappa shape index (κ1) is 20.9. The van der Waals surface area contributed by atoms with Crippen molar-refractivity contribution < 1.29 is 29.0 Å². The second kappa shape index (κ2) is 7.21. The fraction of sp³-hybridized carbons (Fsp3) is 0.850. The van der Waals surface area contributed by atoms with Crippen molar-refractivity contribution in [1.29, 1.82) is 0 Å². The molecule has 0 radical (unpaired) electrons. The maximum atomic E-state index is 13.1. The van der Waals surface area contributed by atoms with Crippen LogP contribution in [-0.2, 0) is 19.1 Å². The number of amides is 2. The lowest BCUT2D eigenvalue weighted by molar-refractivity contribution is -0.155. The van der Waals surface area contributed by atoms with Crippen LogP contribution < -0.4 is 5.32 Å². The van der Waals surface area contributed by atoms with Gasteiger partial charge in [-0.15, -0.1) is 0 Å². The zero-order valence-electron chi connectivity index (χ0n) is 17.4. The normalized spacial score (nSPS) is 36.6. The average molecular weight is 396 g/mol. The van der Waals surface area contributed by atoms with Gasteiger partial charge in [-0.05, 0) is 52.4 Å². The second-order valence-corrected chi connectivity index (χ2v) is 9.25. The summed E-state index contributed by atoms with van der Waals surface area (Å²) in [6.07, 6.45) is 0.177. The van der Waals surface area contributed by atoms with Gasteiger partial charge in [0.1, 0.15) is 17.2 Å². The van der Waals surface area contributed by atoms with E-state index >= 15 is 0 Å². The van der Waals surface area contributed by atoms with Crippen LogP contribution in [0.2, 0.25) is 0 Å². The molecule has 0 aromatic carbocycles. The Morgan fingerprint density at radius 1 is 1.29 bits per heavy atom. The maximum absolute atomic E-state index is 13.1. The molecule has 3 rings (SSSR count). The number of hydrogen-bond acceptors (Lipinski definition) is 6. The van der Waals surface area contributed by atoms with Gasteiger partial charge in [0.05, 0.1) is 12.7 Å². The summed E-state index contributed by atoms with van der Waals surface area (Å²) in [5, 5.41) is 13.3. The highest BCUT2D eigenvalue weighted by molar-refractivity contribution is 5.93. The zero-order valence-corrected chi connectivity index (χ0v) is 17.4. The minimum atomic E-state index is -1.22. The summed E-state index contributed by atoms with van der Waals surface area (Å²) in [5.74, 6) is -0.888. The van der Waals surface area contributed by atoms with E-state index in [9.17, 15) is 19.5 Å².